The number of hydrogen-bond donors (Lipinski definition) is 13. The molecule has 3 aliphatic rings. The van der Waals surface area contributed by atoms with Gasteiger partial charge < -0.3 is 71.1 Å². The first-order chi connectivity index (χ1) is 17.2. The van der Waals surface area contributed by atoms with Gasteiger partial charge in [-0.15, -0.1) is 0 Å². The number of likely N-dealkylation sites (N-methyl/N-ethyl adjacent to an activating group) is 1. The average Bonchev–Trinajstić information content (AvgIpc) is 3.21. The highest BCUT2D eigenvalue weighted by atomic mass is 32.1. The van der Waals surface area contributed by atoms with E-state index in [0.29, 0.717) is 0 Å². The number of aliphatic hydroxyl groups is 7. The zero-order valence-electron chi connectivity index (χ0n) is 18.9. The highest BCUT2D eigenvalue weighted by Gasteiger charge is 3.05. The molecule has 210 valence electrons. The topological polar surface area (TPSA) is 302 Å². The number of carbonyl (C=O) groups excluding carboxylic acids is 1. The molecule has 4 unspecified atom stereocenters. The lowest BCUT2D eigenvalue weighted by Gasteiger charge is -2.56. The van der Waals surface area contributed by atoms with Gasteiger partial charge in [-0.25, -0.2) is 9.28 Å². The summed E-state index contributed by atoms with van der Waals surface area (Å²) in [5.74, 6) is -16.1. The Morgan fingerprint density at radius 3 is 1.58 bits per heavy atom. The first kappa shape index (κ1) is 26.9. The Morgan fingerprint density at radius 1 is 0.868 bits per heavy atom. The van der Waals surface area contributed by atoms with E-state index < -0.39 is 107 Å². The molecule has 17 nitrogen and oxygen atoms in total. The quantitative estimate of drug-likeness (QED) is 0.0701. The van der Waals surface area contributed by atoms with Gasteiger partial charge in [-0.3, -0.25) is 4.74 Å². The van der Waals surface area contributed by atoms with Crippen LogP contribution in [0.1, 0.15) is 22.6 Å². The van der Waals surface area contributed by atoms with Crippen molar-refractivity contribution >= 4 is 28.6 Å². The second kappa shape index (κ2) is 7.08. The maximum Gasteiger partial charge on any atom is 0.352 e. The van der Waals surface area contributed by atoms with Crippen LogP contribution in [0.2, 0.25) is 0 Å². The van der Waals surface area contributed by atoms with E-state index in [1.54, 1.807) is 0 Å². The molecule has 0 aliphatic carbocycles. The molecule has 0 radical (unpaired) electrons. The number of piperidine rings is 1. The summed E-state index contributed by atoms with van der Waals surface area (Å²) in [6.07, 6.45) is -2.53. The van der Waals surface area contributed by atoms with Gasteiger partial charge in [0.2, 0.25) is 33.0 Å². The summed E-state index contributed by atoms with van der Waals surface area (Å²) in [5, 5.41) is 134. The third kappa shape index (κ3) is 2.57. The minimum atomic E-state index is -3.49. The number of carbonyl (C=O) groups is 1. The Kier molecular flexibility index (Phi) is 5.01. The molecule has 5 rings (SSSR count). The fourth-order valence-corrected chi connectivity index (χ4v) is 7.32. The number of esters is 1. The van der Waals surface area contributed by atoms with Gasteiger partial charge in [0.25, 0.3) is 11.4 Å². The van der Waals surface area contributed by atoms with Gasteiger partial charge in [-0.1, -0.05) is 22.7 Å². The van der Waals surface area contributed by atoms with Crippen LogP contribution in [0, 0.1) is 0 Å². The molecule has 5 heterocycles. The Morgan fingerprint density at radius 2 is 1.26 bits per heavy atom. The van der Waals surface area contributed by atoms with Crippen molar-refractivity contribution in [3.05, 3.63) is 9.75 Å². The Balaban J connectivity index is 1.62. The van der Waals surface area contributed by atoms with Gasteiger partial charge in [0.1, 0.15) is 22.6 Å². The molecule has 2 aromatic rings. The van der Waals surface area contributed by atoms with Gasteiger partial charge >= 0.3 is 17.5 Å². The molecule has 19 heteroatoms. The second-order valence-corrected chi connectivity index (χ2v) is 11.6. The van der Waals surface area contributed by atoms with E-state index >= 15 is 0 Å². The Hall–Kier alpha value is -2.69. The van der Waals surface area contributed by atoms with Crippen LogP contribution in [0.25, 0.3) is 0 Å². The van der Waals surface area contributed by atoms with Crippen LogP contribution in [-0.4, -0.2) is 119 Å². The highest BCUT2D eigenvalue weighted by molar-refractivity contribution is 7.16. The van der Waals surface area contributed by atoms with Crippen LogP contribution in [0.5, 0.6) is 33.1 Å². The number of epoxide rings is 1. The van der Waals surface area contributed by atoms with Crippen molar-refractivity contribution in [2.75, 3.05) is 13.8 Å². The van der Waals surface area contributed by atoms with Gasteiger partial charge in [0.05, 0.1) is 7.05 Å². The molecule has 13 N–H and O–H groups in total. The zero-order valence-corrected chi connectivity index (χ0v) is 20.6. The van der Waals surface area contributed by atoms with Crippen molar-refractivity contribution < 1.29 is 85.1 Å². The predicted molar refractivity (Wildman–Crippen MR) is 116 cm³/mol. The number of aromatic hydroxyl groups is 6. The van der Waals surface area contributed by atoms with Gasteiger partial charge in [-0.05, 0) is 0 Å². The lowest BCUT2D eigenvalue weighted by molar-refractivity contribution is -1.07. The third-order valence-corrected chi connectivity index (χ3v) is 9.84. The third-order valence-electron chi connectivity index (χ3n) is 7.68. The maximum atomic E-state index is 13.5. The molecule has 3 aliphatic heterocycles. The van der Waals surface area contributed by atoms with Crippen LogP contribution >= 0.6 is 22.7 Å². The standard InChI is InChI=1S/C19H21NO16S2/c1-20(4-21)15(30)2-14(29,3-16(20,31)19(34)18(15,33)36-19)35-13(28)17(32,9-5(22)7(24)11(26)37-9)10-6(23)8(25)12(27)38-10/h21,29-34H,2-4H2,1H3,(H5-,22,23,24,25,26,27)/p+1. The highest BCUT2D eigenvalue weighted by Crippen LogP contribution is 2.74. The molecule has 0 saturated carbocycles. The SMILES string of the molecule is C[N+]1(CO)C2(O)CC(O)(OC(=O)C(O)(c3sc(O)c(O)c3O)c3sc(O)c(O)c3O)CC1(O)C1(O)OC12O. The zero-order chi connectivity index (χ0) is 28.6. The van der Waals surface area contributed by atoms with E-state index in [2.05, 4.69) is 0 Å². The summed E-state index contributed by atoms with van der Waals surface area (Å²) < 4.78 is 8.46. The molecule has 4 atom stereocenters. The number of quaternary nitrogens is 1. The van der Waals surface area contributed by atoms with Gasteiger partial charge in [0.15, 0.2) is 18.2 Å². The number of morpholine rings is 1. The van der Waals surface area contributed by atoms with Crippen LogP contribution in [0.3, 0.4) is 0 Å². The first-order valence-electron chi connectivity index (χ1n) is 10.5. The number of rotatable bonds is 5. The number of hydrogen-bond acceptors (Lipinski definition) is 18. The monoisotopic (exact) mass is 584 g/mol. The normalized spacial score (nSPS) is 39.7. The fourth-order valence-electron chi connectivity index (χ4n) is 5.43. The average molecular weight is 585 g/mol. The Labute approximate surface area is 217 Å². The molecule has 3 saturated heterocycles. The fraction of sp³-hybridized carbons (Fsp3) is 0.526. The summed E-state index contributed by atoms with van der Waals surface area (Å²) in [6, 6.07) is 0. The predicted octanol–water partition coefficient (Wildman–Crippen LogP) is -3.50. The van der Waals surface area contributed by atoms with Crippen LogP contribution in [0.4, 0.5) is 0 Å². The molecular formula is C19H22NO16S2+. The van der Waals surface area contributed by atoms with E-state index in [-0.39, 0.29) is 22.7 Å². The summed E-state index contributed by atoms with van der Waals surface area (Å²) in [6.45, 7) is -1.13. The van der Waals surface area contributed by atoms with Crippen molar-refractivity contribution in [1.29, 1.82) is 0 Å². The lowest BCUT2D eigenvalue weighted by Crippen LogP contribution is -2.80. The maximum absolute atomic E-state index is 13.5. The largest absolute Gasteiger partial charge is 0.503 e. The molecule has 0 spiro atoms. The smallest absolute Gasteiger partial charge is 0.352 e. The molecule has 3 fully saturated rings. The molecular weight excluding hydrogens is 562 g/mol. The van der Waals surface area contributed by atoms with E-state index in [4.69, 9.17) is 9.47 Å². The van der Waals surface area contributed by atoms with Gasteiger partial charge in [-0.2, -0.15) is 0 Å². The molecule has 0 aromatic carbocycles. The molecule has 0 amide bonds. The van der Waals surface area contributed by atoms with Crippen molar-refractivity contribution in [2.45, 2.75) is 47.3 Å². The summed E-state index contributed by atoms with van der Waals surface area (Å²) in [5.41, 5.74) is -9.38. The van der Waals surface area contributed by atoms with Crippen LogP contribution in [0.15, 0.2) is 0 Å². The van der Waals surface area contributed by atoms with Crippen molar-refractivity contribution in [2.24, 2.45) is 0 Å². The van der Waals surface area contributed by atoms with Crippen LogP contribution < -0.4 is 0 Å². The Bertz CT molecular complexity index is 1310. The lowest BCUT2D eigenvalue weighted by atomic mass is 9.87. The summed E-state index contributed by atoms with van der Waals surface area (Å²) in [7, 11) is 0.994. The van der Waals surface area contributed by atoms with E-state index in [9.17, 15) is 71.2 Å². The van der Waals surface area contributed by atoms with E-state index in [1.165, 1.54) is 0 Å². The van der Waals surface area contributed by atoms with Crippen molar-refractivity contribution in [3.63, 3.8) is 0 Å². The summed E-state index contributed by atoms with van der Waals surface area (Å²) >= 11 is -0.00441. The summed E-state index contributed by atoms with van der Waals surface area (Å²) in [4.78, 5) is 11.4. The minimum absolute atomic E-state index is 0.00220. The van der Waals surface area contributed by atoms with Crippen LogP contribution in [-0.2, 0) is 19.9 Å². The number of aliphatic hydroxyl groups excluding tert-OH is 1. The second-order valence-electron chi connectivity index (χ2n) is 9.62. The number of ether oxygens (including phenoxy) is 2. The van der Waals surface area contributed by atoms with E-state index in [1.807, 2.05) is 0 Å². The van der Waals surface area contributed by atoms with Crippen molar-refractivity contribution in [1.82, 2.24) is 0 Å². The molecule has 38 heavy (non-hydrogen) atoms. The van der Waals surface area contributed by atoms with Crippen molar-refractivity contribution in [3.8, 4) is 33.1 Å². The number of nitrogens with zero attached hydrogens (tertiary/aromatic N) is 1. The van der Waals surface area contributed by atoms with E-state index in [0.717, 1.165) is 7.05 Å². The number of thiophene rings is 2. The molecule has 2 bridgehead atoms. The minimum Gasteiger partial charge on any atom is -0.503 e. The molecule has 2 aromatic heterocycles. The number of fused-ring (bicyclic) bond motifs is 5. The van der Waals surface area contributed by atoms with Gasteiger partial charge in [0, 0.05) is 0 Å². The first-order valence-corrected chi connectivity index (χ1v) is 12.1.